The molecule has 2 fully saturated rings. The van der Waals surface area contributed by atoms with Crippen molar-refractivity contribution in [3.8, 4) is 0 Å². The maximum atomic E-state index is 10.7. The number of aliphatic hydroxyl groups is 1. The highest BCUT2D eigenvalue weighted by molar-refractivity contribution is 14.0. The smallest absolute Gasteiger partial charge is 0.191 e. The number of nitrogens with one attached hydrogen (secondary N) is 2. The van der Waals surface area contributed by atoms with E-state index >= 15 is 0 Å². The fraction of sp³-hybridized carbons (Fsp3) is 0.696. The topological polar surface area (TPSA) is 65.9 Å². The first kappa shape index (κ1) is 24.4. The van der Waals surface area contributed by atoms with Crippen molar-refractivity contribution >= 4 is 29.9 Å². The number of ether oxygens (including phenoxy) is 1. The van der Waals surface area contributed by atoms with Crippen LogP contribution < -0.4 is 10.6 Å². The van der Waals surface area contributed by atoms with E-state index in [1.54, 1.807) is 0 Å². The molecule has 0 spiro atoms. The lowest BCUT2D eigenvalue weighted by Crippen LogP contribution is -2.43. The van der Waals surface area contributed by atoms with Crippen LogP contribution in [0, 0.1) is 12.8 Å². The van der Waals surface area contributed by atoms with Gasteiger partial charge in [0.2, 0.25) is 0 Å². The lowest BCUT2D eigenvalue weighted by atomic mass is 9.85. The molecule has 1 aromatic rings. The summed E-state index contributed by atoms with van der Waals surface area (Å²) in [5.74, 6) is 1.22. The van der Waals surface area contributed by atoms with Crippen LogP contribution >= 0.6 is 24.0 Å². The molecule has 6 heteroatoms. The molecule has 164 valence electrons. The van der Waals surface area contributed by atoms with E-state index in [-0.39, 0.29) is 30.1 Å². The van der Waals surface area contributed by atoms with Crippen molar-refractivity contribution in [2.24, 2.45) is 10.9 Å². The van der Waals surface area contributed by atoms with Gasteiger partial charge in [0.15, 0.2) is 5.96 Å². The first-order valence-electron chi connectivity index (χ1n) is 11.0. The van der Waals surface area contributed by atoms with E-state index < -0.39 is 5.60 Å². The predicted octanol–water partition coefficient (Wildman–Crippen LogP) is 4.33. The number of hydrogen-bond donors (Lipinski definition) is 3. The Morgan fingerprint density at radius 1 is 1.14 bits per heavy atom. The molecule has 0 bridgehead atoms. The van der Waals surface area contributed by atoms with Crippen LogP contribution in [0.5, 0.6) is 0 Å². The van der Waals surface area contributed by atoms with E-state index in [4.69, 9.17) is 9.73 Å². The van der Waals surface area contributed by atoms with Crippen LogP contribution in [0.4, 0.5) is 0 Å². The molecule has 2 unspecified atom stereocenters. The number of rotatable bonds is 6. The molecule has 1 saturated carbocycles. The fourth-order valence-corrected chi connectivity index (χ4v) is 4.34. The Morgan fingerprint density at radius 2 is 1.86 bits per heavy atom. The van der Waals surface area contributed by atoms with Crippen LogP contribution in [0.2, 0.25) is 0 Å². The van der Waals surface area contributed by atoms with Crippen molar-refractivity contribution in [2.75, 3.05) is 26.2 Å². The zero-order chi connectivity index (χ0) is 19.8. The van der Waals surface area contributed by atoms with Crippen molar-refractivity contribution in [1.82, 2.24) is 10.6 Å². The van der Waals surface area contributed by atoms with Crippen LogP contribution in [0.1, 0.15) is 69.1 Å². The zero-order valence-electron chi connectivity index (χ0n) is 18.0. The first-order chi connectivity index (χ1) is 13.6. The Hall–Kier alpha value is -0.860. The standard InChI is InChI=1S/C23H37N3O2.HI/c1-3-24-22(26-17-23(27)13-5-4-6-14-23)25-16-20-8-7-15-28-21(20)19-11-9-18(2)10-12-19;/h9-12,20-21,27H,3-8,13-17H2,1-2H3,(H2,24,25,26);1H. The molecule has 1 heterocycles. The molecular formula is C23H38IN3O2. The second kappa shape index (κ2) is 12.1. The molecule has 0 radical (unpaired) electrons. The highest BCUT2D eigenvalue weighted by Gasteiger charge is 2.30. The van der Waals surface area contributed by atoms with Gasteiger partial charge in [-0.3, -0.25) is 4.99 Å². The third kappa shape index (κ3) is 7.40. The SMILES string of the molecule is CCNC(=NCC1(O)CCCCC1)NCC1CCCOC1c1ccc(C)cc1.I. The summed E-state index contributed by atoms with van der Waals surface area (Å²) in [6.07, 6.45) is 7.54. The molecule has 3 N–H and O–H groups in total. The summed E-state index contributed by atoms with van der Waals surface area (Å²) in [5.41, 5.74) is 1.91. The number of aliphatic imine (C=N–C) groups is 1. The zero-order valence-corrected chi connectivity index (χ0v) is 20.3. The van der Waals surface area contributed by atoms with Crippen LogP contribution in [-0.2, 0) is 4.74 Å². The fourth-order valence-electron chi connectivity index (χ4n) is 4.34. The minimum Gasteiger partial charge on any atom is -0.388 e. The average molecular weight is 515 g/mol. The second-order valence-electron chi connectivity index (χ2n) is 8.47. The highest BCUT2D eigenvalue weighted by atomic mass is 127. The first-order valence-corrected chi connectivity index (χ1v) is 11.0. The summed E-state index contributed by atoms with van der Waals surface area (Å²) in [4.78, 5) is 4.71. The van der Waals surface area contributed by atoms with Gasteiger partial charge in [-0.1, -0.05) is 49.1 Å². The summed E-state index contributed by atoms with van der Waals surface area (Å²) in [7, 11) is 0. The van der Waals surface area contributed by atoms with Gasteiger partial charge in [0.1, 0.15) is 0 Å². The Labute approximate surface area is 193 Å². The third-order valence-corrected chi connectivity index (χ3v) is 6.04. The largest absolute Gasteiger partial charge is 0.388 e. The quantitative estimate of drug-likeness (QED) is 0.300. The molecule has 5 nitrogen and oxygen atoms in total. The predicted molar refractivity (Wildman–Crippen MR) is 130 cm³/mol. The van der Waals surface area contributed by atoms with Crippen molar-refractivity contribution in [2.45, 2.75) is 70.5 Å². The Balaban J connectivity index is 0.00000300. The van der Waals surface area contributed by atoms with Crippen molar-refractivity contribution in [3.05, 3.63) is 35.4 Å². The van der Waals surface area contributed by atoms with Gasteiger partial charge in [0.05, 0.1) is 18.2 Å². The van der Waals surface area contributed by atoms with Crippen molar-refractivity contribution in [3.63, 3.8) is 0 Å². The molecule has 29 heavy (non-hydrogen) atoms. The van der Waals surface area contributed by atoms with Gasteiger partial charge < -0.3 is 20.5 Å². The summed E-state index contributed by atoms with van der Waals surface area (Å²) in [6.45, 7) is 7.13. The number of aryl methyl sites for hydroxylation is 1. The van der Waals surface area contributed by atoms with Crippen LogP contribution in [0.3, 0.4) is 0 Å². The number of nitrogens with zero attached hydrogens (tertiary/aromatic N) is 1. The number of guanidine groups is 1. The Kier molecular flexibility index (Phi) is 10.2. The third-order valence-electron chi connectivity index (χ3n) is 6.04. The van der Waals surface area contributed by atoms with Gasteiger partial charge in [0.25, 0.3) is 0 Å². The van der Waals surface area contributed by atoms with Gasteiger partial charge in [-0.2, -0.15) is 0 Å². The molecular weight excluding hydrogens is 477 g/mol. The molecule has 2 aliphatic rings. The van der Waals surface area contributed by atoms with Crippen LogP contribution in [0.15, 0.2) is 29.3 Å². The van der Waals surface area contributed by atoms with Gasteiger partial charge in [-0.15, -0.1) is 24.0 Å². The van der Waals surface area contributed by atoms with E-state index in [0.29, 0.717) is 12.5 Å². The lowest BCUT2D eigenvalue weighted by molar-refractivity contribution is -0.0265. The summed E-state index contributed by atoms with van der Waals surface area (Å²) in [5, 5.41) is 17.6. The summed E-state index contributed by atoms with van der Waals surface area (Å²) >= 11 is 0. The monoisotopic (exact) mass is 515 g/mol. The van der Waals surface area contributed by atoms with Crippen LogP contribution in [-0.4, -0.2) is 42.9 Å². The molecule has 0 amide bonds. The van der Waals surface area contributed by atoms with E-state index in [2.05, 4.69) is 48.7 Å². The molecule has 1 saturated heterocycles. The maximum absolute atomic E-state index is 10.7. The van der Waals surface area contributed by atoms with Gasteiger partial charge in [-0.25, -0.2) is 0 Å². The lowest BCUT2D eigenvalue weighted by Gasteiger charge is -2.33. The van der Waals surface area contributed by atoms with Crippen LogP contribution in [0.25, 0.3) is 0 Å². The maximum Gasteiger partial charge on any atom is 0.191 e. The molecule has 1 aliphatic carbocycles. The normalized spacial score (nSPS) is 24.4. The van der Waals surface area contributed by atoms with Gasteiger partial charge >= 0.3 is 0 Å². The minimum atomic E-state index is -0.626. The summed E-state index contributed by atoms with van der Waals surface area (Å²) in [6, 6.07) is 8.70. The Bertz CT molecular complexity index is 630. The molecule has 2 atom stereocenters. The van der Waals surface area contributed by atoms with Crippen molar-refractivity contribution in [1.29, 1.82) is 0 Å². The second-order valence-corrected chi connectivity index (χ2v) is 8.47. The van der Waals surface area contributed by atoms with Gasteiger partial charge in [0, 0.05) is 25.6 Å². The average Bonchev–Trinajstić information content (AvgIpc) is 2.72. The molecule has 0 aromatic heterocycles. The number of halogens is 1. The Morgan fingerprint density at radius 3 is 2.55 bits per heavy atom. The van der Waals surface area contributed by atoms with Gasteiger partial charge in [-0.05, 0) is 45.1 Å². The summed E-state index contributed by atoms with van der Waals surface area (Å²) < 4.78 is 6.14. The molecule has 3 rings (SSSR count). The molecule has 1 aromatic carbocycles. The number of benzene rings is 1. The van der Waals surface area contributed by atoms with E-state index in [1.165, 1.54) is 17.5 Å². The number of hydrogen-bond acceptors (Lipinski definition) is 3. The van der Waals surface area contributed by atoms with E-state index in [0.717, 1.165) is 64.2 Å². The highest BCUT2D eigenvalue weighted by Crippen LogP contribution is 2.33. The minimum absolute atomic E-state index is 0. The van der Waals surface area contributed by atoms with E-state index in [9.17, 15) is 5.11 Å². The molecule has 1 aliphatic heterocycles. The van der Waals surface area contributed by atoms with E-state index in [1.807, 2.05) is 0 Å². The van der Waals surface area contributed by atoms with Crippen molar-refractivity contribution < 1.29 is 9.84 Å².